The van der Waals surface area contributed by atoms with E-state index in [0.29, 0.717) is 16.6 Å². The standard InChI is InChI=1S/C17H15ClN4O2/c18-14-8-4-5-9-15(14)24-11-17(23)19-10-16-21-20-12-22(16)13-6-2-1-3-7-13/h1-9,12H,10-11H2,(H,19,23). The number of ether oxygens (including phenoxy) is 1. The van der Waals surface area contributed by atoms with Gasteiger partial charge in [0.05, 0.1) is 11.6 Å². The van der Waals surface area contributed by atoms with Gasteiger partial charge in [-0.1, -0.05) is 41.9 Å². The van der Waals surface area contributed by atoms with Crippen molar-refractivity contribution in [2.75, 3.05) is 6.61 Å². The number of para-hydroxylation sites is 2. The number of halogens is 1. The number of nitrogens with zero attached hydrogens (tertiary/aromatic N) is 3. The zero-order valence-corrected chi connectivity index (χ0v) is 13.5. The summed E-state index contributed by atoms with van der Waals surface area (Å²) in [6, 6.07) is 16.7. The van der Waals surface area contributed by atoms with Crippen LogP contribution in [0.1, 0.15) is 5.82 Å². The van der Waals surface area contributed by atoms with Crippen molar-refractivity contribution < 1.29 is 9.53 Å². The predicted octanol–water partition coefficient (Wildman–Crippen LogP) is 2.62. The lowest BCUT2D eigenvalue weighted by atomic mass is 10.3. The van der Waals surface area contributed by atoms with Crippen LogP contribution in [0.2, 0.25) is 5.02 Å². The van der Waals surface area contributed by atoms with Crippen molar-refractivity contribution in [2.45, 2.75) is 6.54 Å². The van der Waals surface area contributed by atoms with Crippen LogP contribution in [0.25, 0.3) is 5.69 Å². The van der Waals surface area contributed by atoms with Crippen LogP contribution in [-0.4, -0.2) is 27.3 Å². The molecule has 122 valence electrons. The maximum atomic E-state index is 11.9. The van der Waals surface area contributed by atoms with E-state index in [1.807, 2.05) is 34.9 Å². The normalized spacial score (nSPS) is 10.4. The van der Waals surface area contributed by atoms with E-state index >= 15 is 0 Å². The van der Waals surface area contributed by atoms with Crippen molar-refractivity contribution >= 4 is 17.5 Å². The molecule has 0 aliphatic heterocycles. The average Bonchev–Trinajstić information content (AvgIpc) is 3.08. The van der Waals surface area contributed by atoms with E-state index < -0.39 is 0 Å². The molecule has 6 nitrogen and oxygen atoms in total. The maximum absolute atomic E-state index is 11.9. The van der Waals surface area contributed by atoms with Crippen molar-refractivity contribution in [2.24, 2.45) is 0 Å². The van der Waals surface area contributed by atoms with Crippen LogP contribution >= 0.6 is 11.6 Å². The number of carbonyl (C=O) groups excluding carboxylic acids is 1. The second kappa shape index (κ2) is 7.61. The first kappa shape index (κ1) is 16.0. The van der Waals surface area contributed by atoms with Crippen molar-refractivity contribution in [3.8, 4) is 11.4 Å². The SMILES string of the molecule is O=C(COc1ccccc1Cl)NCc1nncn1-c1ccccc1. The monoisotopic (exact) mass is 342 g/mol. The summed E-state index contributed by atoms with van der Waals surface area (Å²) in [4.78, 5) is 11.9. The Morgan fingerprint density at radius 3 is 2.67 bits per heavy atom. The lowest BCUT2D eigenvalue weighted by Crippen LogP contribution is -2.29. The van der Waals surface area contributed by atoms with Gasteiger partial charge in [0, 0.05) is 5.69 Å². The number of hydrogen-bond acceptors (Lipinski definition) is 4. The summed E-state index contributed by atoms with van der Waals surface area (Å²) < 4.78 is 7.21. The quantitative estimate of drug-likeness (QED) is 0.747. The lowest BCUT2D eigenvalue weighted by Gasteiger charge is -2.09. The summed E-state index contributed by atoms with van der Waals surface area (Å²) >= 11 is 5.98. The minimum atomic E-state index is -0.266. The zero-order chi connectivity index (χ0) is 16.8. The molecule has 1 N–H and O–H groups in total. The van der Waals surface area contributed by atoms with Crippen LogP contribution < -0.4 is 10.1 Å². The molecular weight excluding hydrogens is 328 g/mol. The molecule has 1 aromatic heterocycles. The molecule has 0 aliphatic carbocycles. The Morgan fingerprint density at radius 1 is 1.12 bits per heavy atom. The summed E-state index contributed by atoms with van der Waals surface area (Å²) in [5, 5.41) is 11.1. The molecule has 0 atom stereocenters. The van der Waals surface area contributed by atoms with Crippen LogP contribution in [0.4, 0.5) is 0 Å². The fourth-order valence-corrected chi connectivity index (χ4v) is 2.31. The Labute approximate surface area is 144 Å². The Kier molecular flexibility index (Phi) is 5.08. The third kappa shape index (κ3) is 3.91. The fourth-order valence-electron chi connectivity index (χ4n) is 2.12. The molecule has 3 aromatic rings. The van der Waals surface area contributed by atoms with E-state index in [1.165, 1.54) is 0 Å². The molecule has 0 saturated heterocycles. The first-order valence-corrected chi connectivity index (χ1v) is 7.70. The Balaban J connectivity index is 1.56. The molecule has 24 heavy (non-hydrogen) atoms. The van der Waals surface area contributed by atoms with Gasteiger partial charge in [-0.05, 0) is 24.3 Å². The summed E-state index contributed by atoms with van der Waals surface area (Å²) in [5.74, 6) is 0.839. The van der Waals surface area contributed by atoms with E-state index in [2.05, 4.69) is 15.5 Å². The number of carbonyl (C=O) groups is 1. The molecule has 0 bridgehead atoms. The molecule has 2 aromatic carbocycles. The molecular formula is C17H15ClN4O2. The topological polar surface area (TPSA) is 69.0 Å². The minimum absolute atomic E-state index is 0.122. The number of rotatable bonds is 6. The summed E-state index contributed by atoms with van der Waals surface area (Å²) in [6.45, 7) is 0.128. The first-order chi connectivity index (χ1) is 11.7. The van der Waals surface area contributed by atoms with Crippen LogP contribution in [0.15, 0.2) is 60.9 Å². The van der Waals surface area contributed by atoms with Gasteiger partial charge in [0.25, 0.3) is 5.91 Å². The first-order valence-electron chi connectivity index (χ1n) is 7.32. The number of hydrogen-bond donors (Lipinski definition) is 1. The van der Waals surface area contributed by atoms with Crippen molar-refractivity contribution in [1.29, 1.82) is 0 Å². The van der Waals surface area contributed by atoms with Crippen LogP contribution in [-0.2, 0) is 11.3 Å². The highest BCUT2D eigenvalue weighted by molar-refractivity contribution is 6.32. The second-order valence-corrected chi connectivity index (χ2v) is 5.36. The molecule has 0 radical (unpaired) electrons. The third-order valence-corrected chi connectivity index (χ3v) is 3.60. The molecule has 0 unspecified atom stereocenters. The van der Waals surface area contributed by atoms with Crippen molar-refractivity contribution in [1.82, 2.24) is 20.1 Å². The summed E-state index contributed by atoms with van der Waals surface area (Å²) in [6.07, 6.45) is 1.61. The van der Waals surface area contributed by atoms with Gasteiger partial charge in [-0.25, -0.2) is 0 Å². The van der Waals surface area contributed by atoms with Gasteiger partial charge in [0.15, 0.2) is 12.4 Å². The molecule has 1 heterocycles. The molecule has 0 fully saturated rings. The molecule has 7 heteroatoms. The molecule has 0 saturated carbocycles. The fraction of sp³-hybridized carbons (Fsp3) is 0.118. The van der Waals surface area contributed by atoms with E-state index in [1.54, 1.807) is 30.6 Å². The van der Waals surface area contributed by atoms with Gasteiger partial charge in [-0.3, -0.25) is 9.36 Å². The minimum Gasteiger partial charge on any atom is -0.482 e. The van der Waals surface area contributed by atoms with E-state index in [9.17, 15) is 4.79 Å². The van der Waals surface area contributed by atoms with Gasteiger partial charge in [-0.15, -0.1) is 10.2 Å². The van der Waals surface area contributed by atoms with E-state index in [0.717, 1.165) is 5.69 Å². The lowest BCUT2D eigenvalue weighted by molar-refractivity contribution is -0.123. The maximum Gasteiger partial charge on any atom is 0.258 e. The molecule has 0 aliphatic rings. The van der Waals surface area contributed by atoms with Gasteiger partial charge in [0.2, 0.25) is 0 Å². The highest BCUT2D eigenvalue weighted by Gasteiger charge is 2.09. The summed E-state index contributed by atoms with van der Waals surface area (Å²) in [5.41, 5.74) is 0.930. The largest absolute Gasteiger partial charge is 0.482 e. The number of nitrogens with one attached hydrogen (secondary N) is 1. The van der Waals surface area contributed by atoms with Crippen LogP contribution in [0, 0.1) is 0 Å². The second-order valence-electron chi connectivity index (χ2n) is 4.95. The van der Waals surface area contributed by atoms with Crippen molar-refractivity contribution in [3.63, 3.8) is 0 Å². The van der Waals surface area contributed by atoms with Gasteiger partial charge in [0.1, 0.15) is 12.1 Å². The Hall–Kier alpha value is -2.86. The van der Waals surface area contributed by atoms with Gasteiger partial charge in [-0.2, -0.15) is 0 Å². The number of benzene rings is 2. The highest BCUT2D eigenvalue weighted by Crippen LogP contribution is 2.22. The third-order valence-electron chi connectivity index (χ3n) is 3.29. The zero-order valence-electron chi connectivity index (χ0n) is 12.7. The average molecular weight is 343 g/mol. The highest BCUT2D eigenvalue weighted by atomic mass is 35.5. The Morgan fingerprint density at radius 2 is 1.88 bits per heavy atom. The molecule has 3 rings (SSSR count). The molecule has 0 spiro atoms. The Bertz CT molecular complexity index is 820. The number of amides is 1. The van der Waals surface area contributed by atoms with E-state index in [4.69, 9.17) is 16.3 Å². The smallest absolute Gasteiger partial charge is 0.258 e. The molecule has 1 amide bonds. The number of aromatic nitrogens is 3. The van der Waals surface area contributed by atoms with Gasteiger partial charge >= 0.3 is 0 Å². The van der Waals surface area contributed by atoms with E-state index in [-0.39, 0.29) is 19.1 Å². The predicted molar refractivity (Wildman–Crippen MR) is 90.2 cm³/mol. The van der Waals surface area contributed by atoms with Crippen LogP contribution in [0.5, 0.6) is 5.75 Å². The van der Waals surface area contributed by atoms with Crippen molar-refractivity contribution in [3.05, 3.63) is 71.8 Å². The van der Waals surface area contributed by atoms with Crippen LogP contribution in [0.3, 0.4) is 0 Å². The van der Waals surface area contributed by atoms with Gasteiger partial charge < -0.3 is 10.1 Å². The summed E-state index contributed by atoms with van der Waals surface area (Å²) in [7, 11) is 0.